The Kier molecular flexibility index (Phi) is 4.78. The van der Waals surface area contributed by atoms with E-state index in [1.54, 1.807) is 23.1 Å². The van der Waals surface area contributed by atoms with Crippen molar-refractivity contribution in [1.82, 2.24) is 4.90 Å². The number of benzene rings is 1. The molecule has 0 aromatic heterocycles. The van der Waals surface area contributed by atoms with E-state index in [1.165, 1.54) is 0 Å². The number of ketones is 1. The number of nitrogens with zero attached hydrogens (tertiary/aromatic N) is 2. The quantitative estimate of drug-likeness (QED) is 0.463. The molecule has 6 nitrogen and oxygen atoms in total. The highest BCUT2D eigenvalue weighted by atomic mass is 35.5. The maximum Gasteiger partial charge on any atom is 0.232 e. The zero-order chi connectivity index (χ0) is 17.4. The van der Waals surface area contributed by atoms with Gasteiger partial charge in [0.05, 0.1) is 10.0 Å². The van der Waals surface area contributed by atoms with E-state index < -0.39 is 12.0 Å². The number of carbonyl (C=O) groups is 2. The molecule has 1 aliphatic carbocycles. The lowest BCUT2D eigenvalue weighted by molar-refractivity contribution is -0.497. The lowest BCUT2D eigenvalue weighted by Gasteiger charge is -2.31. The van der Waals surface area contributed by atoms with Crippen molar-refractivity contribution in [2.24, 2.45) is 11.8 Å². The topological polar surface area (TPSA) is 80.5 Å². The third kappa shape index (κ3) is 3.39. The molecule has 1 aromatic carbocycles. The van der Waals surface area contributed by atoms with Gasteiger partial charge in [-0.3, -0.25) is 19.7 Å². The van der Waals surface area contributed by atoms with E-state index in [1.807, 2.05) is 0 Å². The highest BCUT2D eigenvalue weighted by molar-refractivity contribution is 6.42. The molecule has 2 aliphatic rings. The Bertz CT molecular complexity index is 701. The predicted octanol–water partition coefficient (Wildman–Crippen LogP) is 3.08. The lowest BCUT2D eigenvalue weighted by Crippen LogP contribution is -2.41. The number of carbonyl (C=O) groups excluding carboxylic acids is 2. The molecular weight excluding hydrogens is 355 g/mol. The summed E-state index contributed by atoms with van der Waals surface area (Å²) >= 11 is 11.8. The Morgan fingerprint density at radius 3 is 2.38 bits per heavy atom. The maximum atomic E-state index is 12.5. The van der Waals surface area contributed by atoms with Crippen molar-refractivity contribution in [2.45, 2.75) is 25.3 Å². The van der Waals surface area contributed by atoms with Gasteiger partial charge >= 0.3 is 0 Å². The minimum absolute atomic E-state index is 0.00439. The SMILES string of the molecule is O=C(c1ccc(Cl)c(Cl)c1)C1CCN(C(=O)C2CC2[N+](=O)[O-])CC1. The second kappa shape index (κ2) is 6.69. The Morgan fingerprint density at radius 1 is 1.17 bits per heavy atom. The van der Waals surface area contributed by atoms with Crippen LogP contribution in [0.25, 0.3) is 0 Å². The number of amides is 1. The van der Waals surface area contributed by atoms with Crippen LogP contribution < -0.4 is 0 Å². The van der Waals surface area contributed by atoms with Crippen LogP contribution in [0.3, 0.4) is 0 Å². The predicted molar refractivity (Wildman–Crippen MR) is 89.0 cm³/mol. The zero-order valence-corrected chi connectivity index (χ0v) is 14.3. The molecule has 0 spiro atoms. The molecule has 1 amide bonds. The molecule has 1 aliphatic heterocycles. The molecule has 0 N–H and O–H groups in total. The largest absolute Gasteiger partial charge is 0.342 e. The lowest BCUT2D eigenvalue weighted by atomic mass is 9.88. The number of Topliss-reactive ketones (excluding diaryl/α,β-unsaturated/α-hetero) is 1. The van der Waals surface area contributed by atoms with Crippen molar-refractivity contribution in [3.8, 4) is 0 Å². The van der Waals surface area contributed by atoms with E-state index in [0.717, 1.165) is 0 Å². The number of hydrogen-bond acceptors (Lipinski definition) is 4. The summed E-state index contributed by atoms with van der Waals surface area (Å²) in [5.74, 6) is -0.813. The first-order chi connectivity index (χ1) is 11.4. The molecule has 0 radical (unpaired) electrons. The first-order valence-corrected chi connectivity index (χ1v) is 8.55. The summed E-state index contributed by atoms with van der Waals surface area (Å²) in [4.78, 5) is 36.7. The standard InChI is InChI=1S/C16H16Cl2N2O4/c17-12-2-1-10(7-13(12)18)15(21)9-3-5-19(6-4-9)16(22)11-8-14(11)20(23)24/h1-2,7,9,11,14H,3-6,8H2. The van der Waals surface area contributed by atoms with Crippen LogP contribution in [0.1, 0.15) is 29.6 Å². The third-order valence-corrected chi connectivity index (χ3v) is 5.47. The molecule has 0 bridgehead atoms. The molecule has 2 fully saturated rings. The van der Waals surface area contributed by atoms with Crippen molar-refractivity contribution in [3.05, 3.63) is 43.9 Å². The van der Waals surface area contributed by atoms with Crippen LogP contribution in [0.15, 0.2) is 18.2 Å². The van der Waals surface area contributed by atoms with Crippen LogP contribution in [0.4, 0.5) is 0 Å². The number of piperidine rings is 1. The molecular formula is C16H16Cl2N2O4. The van der Waals surface area contributed by atoms with Crippen LogP contribution in [-0.2, 0) is 4.79 Å². The van der Waals surface area contributed by atoms with E-state index in [4.69, 9.17) is 23.2 Å². The number of rotatable bonds is 4. The summed E-state index contributed by atoms with van der Waals surface area (Å²) in [5, 5.41) is 11.4. The Balaban J connectivity index is 1.57. The van der Waals surface area contributed by atoms with E-state index >= 15 is 0 Å². The minimum atomic E-state index is -0.729. The van der Waals surface area contributed by atoms with Gasteiger partial charge in [-0.25, -0.2) is 0 Å². The van der Waals surface area contributed by atoms with Gasteiger partial charge in [-0.1, -0.05) is 23.2 Å². The van der Waals surface area contributed by atoms with Crippen LogP contribution in [0, 0.1) is 22.0 Å². The highest BCUT2D eigenvalue weighted by Gasteiger charge is 2.54. The van der Waals surface area contributed by atoms with Gasteiger partial charge in [-0.2, -0.15) is 0 Å². The van der Waals surface area contributed by atoms with Crippen LogP contribution in [0.5, 0.6) is 0 Å². The van der Waals surface area contributed by atoms with Gasteiger partial charge in [0.2, 0.25) is 11.9 Å². The summed E-state index contributed by atoms with van der Waals surface area (Å²) < 4.78 is 0. The first kappa shape index (κ1) is 17.2. The van der Waals surface area contributed by atoms with Crippen LogP contribution >= 0.6 is 23.2 Å². The molecule has 8 heteroatoms. The zero-order valence-electron chi connectivity index (χ0n) is 12.8. The highest BCUT2D eigenvalue weighted by Crippen LogP contribution is 2.36. The molecule has 1 saturated heterocycles. The van der Waals surface area contributed by atoms with Gasteiger partial charge in [-0.05, 0) is 31.0 Å². The molecule has 128 valence electrons. The number of hydrogen-bond donors (Lipinski definition) is 0. The molecule has 2 atom stereocenters. The fourth-order valence-corrected chi connectivity index (χ4v) is 3.46. The second-order valence-electron chi connectivity index (χ2n) is 6.29. The normalized spacial score (nSPS) is 23.8. The van der Waals surface area contributed by atoms with E-state index in [-0.39, 0.29) is 22.5 Å². The van der Waals surface area contributed by atoms with E-state index in [9.17, 15) is 19.7 Å². The fraction of sp³-hybridized carbons (Fsp3) is 0.500. The van der Waals surface area contributed by atoms with Crippen LogP contribution in [-0.4, -0.2) is 40.6 Å². The van der Waals surface area contributed by atoms with Crippen molar-refractivity contribution < 1.29 is 14.5 Å². The minimum Gasteiger partial charge on any atom is -0.342 e. The molecule has 2 unspecified atom stereocenters. The summed E-state index contributed by atoms with van der Waals surface area (Å²) in [6, 6.07) is 4.09. The van der Waals surface area contributed by atoms with E-state index in [0.29, 0.717) is 48.0 Å². The molecule has 24 heavy (non-hydrogen) atoms. The maximum absolute atomic E-state index is 12.5. The van der Waals surface area contributed by atoms with Crippen molar-refractivity contribution in [3.63, 3.8) is 0 Å². The van der Waals surface area contributed by atoms with Gasteiger partial charge in [0, 0.05) is 35.9 Å². The number of halogens is 2. The van der Waals surface area contributed by atoms with Gasteiger partial charge in [0.25, 0.3) is 0 Å². The van der Waals surface area contributed by atoms with Crippen molar-refractivity contribution in [1.29, 1.82) is 0 Å². The van der Waals surface area contributed by atoms with Gasteiger partial charge in [0.1, 0.15) is 5.92 Å². The van der Waals surface area contributed by atoms with Crippen molar-refractivity contribution in [2.75, 3.05) is 13.1 Å². The fourth-order valence-electron chi connectivity index (χ4n) is 3.16. The molecule has 1 aromatic rings. The average molecular weight is 371 g/mol. The Morgan fingerprint density at radius 2 is 1.83 bits per heavy atom. The molecule has 3 rings (SSSR count). The van der Waals surface area contributed by atoms with Crippen LogP contribution in [0.2, 0.25) is 10.0 Å². The monoisotopic (exact) mass is 370 g/mol. The summed E-state index contributed by atoms with van der Waals surface area (Å²) in [7, 11) is 0. The second-order valence-corrected chi connectivity index (χ2v) is 7.10. The molecule has 1 heterocycles. The smallest absolute Gasteiger partial charge is 0.232 e. The van der Waals surface area contributed by atoms with Gasteiger partial charge in [-0.15, -0.1) is 0 Å². The summed E-state index contributed by atoms with van der Waals surface area (Å²) in [6.45, 7) is 0.912. The first-order valence-electron chi connectivity index (χ1n) is 7.80. The van der Waals surface area contributed by atoms with Gasteiger partial charge < -0.3 is 4.90 Å². The summed E-state index contributed by atoms with van der Waals surface area (Å²) in [5.41, 5.74) is 0.518. The van der Waals surface area contributed by atoms with Crippen molar-refractivity contribution >= 4 is 34.9 Å². The Labute approximate surface area is 148 Å². The van der Waals surface area contributed by atoms with Gasteiger partial charge in [0.15, 0.2) is 5.78 Å². The van der Waals surface area contributed by atoms with E-state index in [2.05, 4.69) is 0 Å². The molecule has 1 saturated carbocycles. The summed E-state index contributed by atoms with van der Waals surface area (Å²) in [6.07, 6.45) is 1.44. The number of nitro groups is 1. The number of likely N-dealkylation sites (tertiary alicyclic amines) is 1. The third-order valence-electron chi connectivity index (χ3n) is 4.73. The average Bonchev–Trinajstić information content (AvgIpc) is 3.37. The Hall–Kier alpha value is -1.66.